The maximum absolute atomic E-state index is 10.5. The molecule has 62 valence electrons. The summed E-state index contributed by atoms with van der Waals surface area (Å²) in [6.45, 7) is 1.78. The van der Waals surface area contributed by atoms with Crippen LogP contribution in [0.25, 0.3) is 0 Å². The minimum absolute atomic E-state index is 0.535. The molecule has 0 radical (unpaired) electrons. The summed E-state index contributed by atoms with van der Waals surface area (Å²) in [5.41, 5.74) is 8.10. The van der Waals surface area contributed by atoms with Gasteiger partial charge in [0.05, 0.1) is 0 Å². The van der Waals surface area contributed by atoms with Crippen molar-refractivity contribution in [3.63, 3.8) is 0 Å². The number of anilines is 1. The average Bonchev–Trinajstić information content (AvgIpc) is 2.06. The topological polar surface area (TPSA) is 66.9 Å². The van der Waals surface area contributed by atoms with Gasteiger partial charge in [0, 0.05) is 23.0 Å². The number of nitrogen functional groups attached to an aromatic ring is 1. The van der Waals surface area contributed by atoms with Crippen LogP contribution in [0.3, 0.4) is 0 Å². The predicted molar refractivity (Wildman–Crippen MR) is 48.9 cm³/mol. The molecular formula is C9H10N2O. The third kappa shape index (κ3) is 1.21. The quantitative estimate of drug-likeness (QED) is 0.392. The monoisotopic (exact) mass is 162 g/mol. The van der Waals surface area contributed by atoms with Gasteiger partial charge in [-0.1, -0.05) is 0 Å². The van der Waals surface area contributed by atoms with Crippen LogP contribution in [0.15, 0.2) is 12.1 Å². The van der Waals surface area contributed by atoms with Crippen LogP contribution in [0.2, 0.25) is 0 Å². The predicted octanol–water partition coefficient (Wildman–Crippen LogP) is 1.39. The van der Waals surface area contributed by atoms with E-state index >= 15 is 0 Å². The van der Waals surface area contributed by atoms with Crippen LogP contribution < -0.4 is 5.73 Å². The minimum Gasteiger partial charge on any atom is -0.398 e. The summed E-state index contributed by atoms with van der Waals surface area (Å²) in [4.78, 5) is 10.5. The van der Waals surface area contributed by atoms with Gasteiger partial charge in [-0.05, 0) is 24.6 Å². The molecule has 0 saturated heterocycles. The molecule has 1 aromatic rings. The SMILES string of the molecule is Cc1c(C=O)ccc(N)c1C=N. The largest absolute Gasteiger partial charge is 0.398 e. The lowest BCUT2D eigenvalue weighted by Crippen LogP contribution is -1.99. The number of carbonyl (C=O) groups excluding carboxylic acids is 1. The molecule has 12 heavy (non-hydrogen) atoms. The molecule has 0 aliphatic heterocycles. The fraction of sp³-hybridized carbons (Fsp3) is 0.111. The Labute approximate surface area is 70.7 Å². The highest BCUT2D eigenvalue weighted by atomic mass is 16.1. The molecule has 3 nitrogen and oxygen atoms in total. The molecule has 0 aromatic heterocycles. The fourth-order valence-electron chi connectivity index (χ4n) is 1.09. The first-order chi connectivity index (χ1) is 5.70. The molecule has 3 heteroatoms. The number of aldehydes is 1. The van der Waals surface area contributed by atoms with Gasteiger partial charge in [-0.15, -0.1) is 0 Å². The molecule has 0 spiro atoms. The van der Waals surface area contributed by atoms with Gasteiger partial charge >= 0.3 is 0 Å². The molecule has 0 bridgehead atoms. The lowest BCUT2D eigenvalue weighted by Gasteiger charge is -2.05. The van der Waals surface area contributed by atoms with Crippen molar-refractivity contribution in [3.05, 3.63) is 28.8 Å². The second-order valence-electron chi connectivity index (χ2n) is 2.54. The van der Waals surface area contributed by atoms with Crippen LogP contribution in [0.4, 0.5) is 5.69 Å². The third-order valence-electron chi connectivity index (χ3n) is 1.86. The van der Waals surface area contributed by atoms with E-state index in [9.17, 15) is 4.79 Å². The minimum atomic E-state index is 0.535. The Morgan fingerprint density at radius 1 is 1.50 bits per heavy atom. The molecule has 0 aliphatic rings. The maximum atomic E-state index is 10.5. The summed E-state index contributed by atoms with van der Waals surface area (Å²) in [6, 6.07) is 3.29. The Kier molecular flexibility index (Phi) is 2.24. The van der Waals surface area contributed by atoms with Crippen molar-refractivity contribution in [2.24, 2.45) is 0 Å². The summed E-state index contributed by atoms with van der Waals surface area (Å²) in [6.07, 6.45) is 1.93. The molecule has 0 heterocycles. The molecular weight excluding hydrogens is 152 g/mol. The highest BCUT2D eigenvalue weighted by molar-refractivity contribution is 5.91. The first kappa shape index (κ1) is 8.46. The van der Waals surface area contributed by atoms with Crippen LogP contribution in [0.1, 0.15) is 21.5 Å². The van der Waals surface area contributed by atoms with Crippen LogP contribution in [0, 0.1) is 12.3 Å². The van der Waals surface area contributed by atoms with Crippen molar-refractivity contribution < 1.29 is 4.79 Å². The second-order valence-corrected chi connectivity index (χ2v) is 2.54. The van der Waals surface area contributed by atoms with E-state index < -0.39 is 0 Å². The average molecular weight is 162 g/mol. The van der Waals surface area contributed by atoms with Crippen molar-refractivity contribution in [2.45, 2.75) is 6.92 Å². The fourth-order valence-corrected chi connectivity index (χ4v) is 1.09. The van der Waals surface area contributed by atoms with Crippen molar-refractivity contribution in [3.8, 4) is 0 Å². The van der Waals surface area contributed by atoms with E-state index in [-0.39, 0.29) is 0 Å². The van der Waals surface area contributed by atoms with Crippen LogP contribution in [0.5, 0.6) is 0 Å². The van der Waals surface area contributed by atoms with E-state index in [1.807, 2.05) is 0 Å². The molecule has 0 atom stereocenters. The summed E-state index contributed by atoms with van der Waals surface area (Å²) in [5, 5.41) is 7.08. The summed E-state index contributed by atoms with van der Waals surface area (Å²) >= 11 is 0. The zero-order chi connectivity index (χ0) is 9.14. The summed E-state index contributed by atoms with van der Waals surface area (Å²) in [5.74, 6) is 0. The van der Waals surface area contributed by atoms with E-state index in [0.717, 1.165) is 18.1 Å². The van der Waals surface area contributed by atoms with Gasteiger partial charge in [-0.2, -0.15) is 0 Å². The van der Waals surface area contributed by atoms with Gasteiger partial charge in [0.2, 0.25) is 0 Å². The number of hydrogen-bond acceptors (Lipinski definition) is 3. The maximum Gasteiger partial charge on any atom is 0.150 e. The van der Waals surface area contributed by atoms with Gasteiger partial charge in [0.25, 0.3) is 0 Å². The standard InChI is InChI=1S/C9H10N2O/c1-6-7(5-12)2-3-9(11)8(6)4-10/h2-5,10H,11H2,1H3. The van der Waals surface area contributed by atoms with Crippen molar-refractivity contribution in [1.82, 2.24) is 0 Å². The van der Waals surface area contributed by atoms with Crippen LogP contribution in [-0.4, -0.2) is 12.5 Å². The lowest BCUT2D eigenvalue weighted by atomic mass is 10.0. The lowest BCUT2D eigenvalue weighted by molar-refractivity contribution is 0.112. The van der Waals surface area contributed by atoms with E-state index in [1.54, 1.807) is 19.1 Å². The molecule has 0 fully saturated rings. The van der Waals surface area contributed by atoms with Gasteiger partial charge in [-0.3, -0.25) is 4.79 Å². The Morgan fingerprint density at radius 2 is 2.17 bits per heavy atom. The zero-order valence-corrected chi connectivity index (χ0v) is 6.79. The second kappa shape index (κ2) is 3.17. The normalized spacial score (nSPS) is 9.42. The molecule has 0 unspecified atom stereocenters. The molecule has 1 aromatic carbocycles. The Hall–Kier alpha value is -1.64. The molecule has 0 amide bonds. The number of benzene rings is 1. The van der Waals surface area contributed by atoms with Gasteiger partial charge in [0.15, 0.2) is 0 Å². The molecule has 0 saturated carbocycles. The first-order valence-electron chi connectivity index (χ1n) is 3.55. The number of nitrogens with two attached hydrogens (primary N) is 1. The Bertz CT molecular complexity index is 332. The Balaban J connectivity index is 3.43. The summed E-state index contributed by atoms with van der Waals surface area (Å²) in [7, 11) is 0. The third-order valence-corrected chi connectivity index (χ3v) is 1.86. The van der Waals surface area contributed by atoms with E-state index in [4.69, 9.17) is 11.1 Å². The van der Waals surface area contributed by atoms with Crippen molar-refractivity contribution >= 4 is 18.2 Å². The van der Waals surface area contributed by atoms with E-state index in [2.05, 4.69) is 0 Å². The highest BCUT2D eigenvalue weighted by Gasteiger charge is 2.04. The number of rotatable bonds is 2. The first-order valence-corrected chi connectivity index (χ1v) is 3.55. The van der Waals surface area contributed by atoms with Crippen LogP contribution in [-0.2, 0) is 0 Å². The smallest absolute Gasteiger partial charge is 0.150 e. The molecule has 3 N–H and O–H groups in total. The van der Waals surface area contributed by atoms with Gasteiger partial charge in [0.1, 0.15) is 6.29 Å². The van der Waals surface area contributed by atoms with E-state index in [0.29, 0.717) is 16.8 Å². The molecule has 1 rings (SSSR count). The van der Waals surface area contributed by atoms with Crippen molar-refractivity contribution in [1.29, 1.82) is 5.41 Å². The number of carbonyl (C=O) groups is 1. The zero-order valence-electron chi connectivity index (χ0n) is 6.79. The van der Waals surface area contributed by atoms with Crippen molar-refractivity contribution in [2.75, 3.05) is 5.73 Å². The highest BCUT2D eigenvalue weighted by Crippen LogP contribution is 2.16. The molecule has 0 aliphatic carbocycles. The Morgan fingerprint density at radius 3 is 2.67 bits per heavy atom. The summed E-state index contributed by atoms with van der Waals surface area (Å²) < 4.78 is 0. The van der Waals surface area contributed by atoms with Crippen LogP contribution >= 0.6 is 0 Å². The van der Waals surface area contributed by atoms with Gasteiger partial charge in [-0.25, -0.2) is 0 Å². The van der Waals surface area contributed by atoms with E-state index in [1.165, 1.54) is 0 Å². The number of nitrogens with one attached hydrogen (secondary N) is 1. The number of hydrogen-bond donors (Lipinski definition) is 2. The van der Waals surface area contributed by atoms with Gasteiger partial charge < -0.3 is 11.1 Å².